The van der Waals surface area contributed by atoms with Crippen LogP contribution in [0.5, 0.6) is 0 Å². The first kappa shape index (κ1) is 16.9. The molecule has 0 spiro atoms. The molecule has 1 unspecified atom stereocenters. The lowest BCUT2D eigenvalue weighted by molar-refractivity contribution is -0.148. The Hall–Kier alpha value is -1.14. The average Bonchev–Trinajstić information content (AvgIpc) is 2.33. The number of nitrogens with two attached hydrogens (primary N) is 1. The first-order valence-corrected chi connectivity index (χ1v) is 6.15. The minimum atomic E-state index is -1.28. The molecule has 0 saturated carbocycles. The number of carbonyl (C=O) groups excluding carboxylic acids is 2. The largest absolute Gasteiger partial charge is 0.464 e. The van der Waals surface area contributed by atoms with E-state index in [1.165, 1.54) is 0 Å². The topological polar surface area (TPSA) is 102 Å². The number of amides is 1. The van der Waals surface area contributed by atoms with E-state index in [2.05, 4.69) is 10.1 Å². The van der Waals surface area contributed by atoms with Gasteiger partial charge in [0.2, 0.25) is 5.91 Å². The molecule has 0 aliphatic heterocycles. The lowest BCUT2D eigenvalue weighted by Gasteiger charge is -2.25. The highest BCUT2D eigenvalue weighted by Gasteiger charge is 2.25. The maximum absolute atomic E-state index is 11.6. The van der Waals surface area contributed by atoms with Crippen molar-refractivity contribution in [2.24, 2.45) is 11.1 Å². The van der Waals surface area contributed by atoms with E-state index in [9.17, 15) is 9.59 Å². The van der Waals surface area contributed by atoms with Gasteiger partial charge in [0, 0.05) is 13.2 Å². The molecule has 0 radical (unpaired) electrons. The Kier molecular flexibility index (Phi) is 7.54. The van der Waals surface area contributed by atoms with Crippen molar-refractivity contribution < 1.29 is 19.4 Å². The van der Waals surface area contributed by atoms with E-state index in [1.54, 1.807) is 6.92 Å². The van der Waals surface area contributed by atoms with Crippen molar-refractivity contribution in [1.29, 1.82) is 0 Å². The van der Waals surface area contributed by atoms with E-state index in [1.807, 2.05) is 13.8 Å². The van der Waals surface area contributed by atoms with Gasteiger partial charge in [0.15, 0.2) is 6.04 Å². The summed E-state index contributed by atoms with van der Waals surface area (Å²) in [5.74, 6) is -1.26. The van der Waals surface area contributed by atoms with Crippen LogP contribution >= 0.6 is 0 Å². The molecule has 0 heterocycles. The highest BCUT2D eigenvalue weighted by molar-refractivity contribution is 6.01. The quantitative estimate of drug-likeness (QED) is 0.414. The number of aliphatic hydroxyl groups excluding tert-OH is 1. The standard InChI is InChI=1S/C12H24N2O4/c1-4-18-11(17)9(13)10(16)14-8-12(2,3)6-5-7-15/h9,15H,4-8,13H2,1-3H3,(H,14,16). The van der Waals surface area contributed by atoms with Gasteiger partial charge in [0.1, 0.15) is 0 Å². The molecule has 1 amide bonds. The Labute approximate surface area is 108 Å². The molecule has 1 atom stereocenters. The van der Waals surface area contributed by atoms with Crippen LogP contribution < -0.4 is 11.1 Å². The second kappa shape index (κ2) is 8.05. The molecule has 4 N–H and O–H groups in total. The summed E-state index contributed by atoms with van der Waals surface area (Å²) in [6, 6.07) is -1.28. The van der Waals surface area contributed by atoms with Gasteiger partial charge in [-0.05, 0) is 25.2 Å². The smallest absolute Gasteiger partial charge is 0.332 e. The summed E-state index contributed by atoms with van der Waals surface area (Å²) < 4.78 is 4.66. The molecule has 0 fully saturated rings. The number of carbonyl (C=O) groups is 2. The molecule has 18 heavy (non-hydrogen) atoms. The number of aliphatic hydroxyl groups is 1. The summed E-state index contributed by atoms with van der Waals surface area (Å²) in [4.78, 5) is 22.8. The van der Waals surface area contributed by atoms with Crippen molar-refractivity contribution in [1.82, 2.24) is 5.32 Å². The van der Waals surface area contributed by atoms with Crippen molar-refractivity contribution in [3.63, 3.8) is 0 Å². The van der Waals surface area contributed by atoms with Crippen LogP contribution in [-0.4, -0.2) is 42.8 Å². The summed E-state index contributed by atoms with van der Waals surface area (Å²) in [7, 11) is 0. The zero-order valence-electron chi connectivity index (χ0n) is 11.4. The molecule has 6 nitrogen and oxygen atoms in total. The monoisotopic (exact) mass is 260 g/mol. The summed E-state index contributed by atoms with van der Waals surface area (Å²) in [6.07, 6.45) is 1.45. The van der Waals surface area contributed by atoms with E-state index < -0.39 is 17.9 Å². The Morgan fingerprint density at radius 3 is 2.56 bits per heavy atom. The van der Waals surface area contributed by atoms with Crippen LogP contribution in [0.4, 0.5) is 0 Å². The lowest BCUT2D eigenvalue weighted by atomic mass is 9.88. The van der Waals surface area contributed by atoms with Crippen LogP contribution in [0.1, 0.15) is 33.6 Å². The van der Waals surface area contributed by atoms with E-state index in [-0.39, 0.29) is 18.6 Å². The van der Waals surface area contributed by atoms with Gasteiger partial charge in [-0.2, -0.15) is 0 Å². The van der Waals surface area contributed by atoms with Crippen LogP contribution in [0.15, 0.2) is 0 Å². The Bertz CT molecular complexity index is 279. The van der Waals surface area contributed by atoms with Gasteiger partial charge in [0.25, 0.3) is 0 Å². The van der Waals surface area contributed by atoms with Crippen molar-refractivity contribution in [2.75, 3.05) is 19.8 Å². The summed E-state index contributed by atoms with van der Waals surface area (Å²) in [5.41, 5.74) is 5.30. The highest BCUT2D eigenvalue weighted by atomic mass is 16.5. The lowest BCUT2D eigenvalue weighted by Crippen LogP contribution is -2.49. The van der Waals surface area contributed by atoms with Gasteiger partial charge in [-0.3, -0.25) is 4.79 Å². The Morgan fingerprint density at radius 1 is 1.44 bits per heavy atom. The number of hydrogen-bond donors (Lipinski definition) is 3. The predicted octanol–water partition coefficient (Wildman–Crippen LogP) is -0.208. The van der Waals surface area contributed by atoms with Gasteiger partial charge in [0.05, 0.1) is 6.61 Å². The molecule has 0 aromatic rings. The first-order chi connectivity index (χ1) is 8.34. The summed E-state index contributed by atoms with van der Waals surface area (Å²) >= 11 is 0. The highest BCUT2D eigenvalue weighted by Crippen LogP contribution is 2.20. The van der Waals surface area contributed by atoms with Crippen molar-refractivity contribution in [2.45, 2.75) is 39.7 Å². The van der Waals surface area contributed by atoms with Gasteiger partial charge in [-0.1, -0.05) is 13.8 Å². The summed E-state index contributed by atoms with van der Waals surface area (Å²) in [5, 5.41) is 11.4. The zero-order valence-corrected chi connectivity index (χ0v) is 11.4. The average molecular weight is 260 g/mol. The van der Waals surface area contributed by atoms with Crippen LogP contribution in [0.25, 0.3) is 0 Å². The van der Waals surface area contributed by atoms with Crippen LogP contribution in [0.3, 0.4) is 0 Å². The van der Waals surface area contributed by atoms with Crippen LogP contribution in [0, 0.1) is 5.41 Å². The fraction of sp³-hybridized carbons (Fsp3) is 0.833. The van der Waals surface area contributed by atoms with Crippen molar-refractivity contribution in [3.8, 4) is 0 Å². The first-order valence-electron chi connectivity index (χ1n) is 6.15. The van der Waals surface area contributed by atoms with E-state index in [4.69, 9.17) is 10.8 Å². The van der Waals surface area contributed by atoms with Gasteiger partial charge < -0.3 is 20.9 Å². The molecule has 0 rings (SSSR count). The molecular weight excluding hydrogens is 236 g/mol. The fourth-order valence-corrected chi connectivity index (χ4v) is 1.42. The molecule has 0 saturated heterocycles. The maximum Gasteiger partial charge on any atom is 0.332 e. The molecular formula is C12H24N2O4. The number of rotatable bonds is 8. The van der Waals surface area contributed by atoms with Crippen LogP contribution in [0.2, 0.25) is 0 Å². The number of hydrogen-bond acceptors (Lipinski definition) is 5. The molecule has 0 aromatic heterocycles. The fourth-order valence-electron chi connectivity index (χ4n) is 1.42. The minimum absolute atomic E-state index is 0.125. The normalized spacial score (nSPS) is 12.9. The Balaban J connectivity index is 4.12. The summed E-state index contributed by atoms with van der Waals surface area (Å²) in [6.45, 7) is 6.32. The number of esters is 1. The second-order valence-corrected chi connectivity index (χ2v) is 4.94. The molecule has 0 bridgehead atoms. The third-order valence-corrected chi connectivity index (χ3v) is 2.58. The van der Waals surface area contributed by atoms with Crippen molar-refractivity contribution in [3.05, 3.63) is 0 Å². The van der Waals surface area contributed by atoms with Crippen LogP contribution in [-0.2, 0) is 14.3 Å². The minimum Gasteiger partial charge on any atom is -0.464 e. The molecule has 0 aromatic carbocycles. The van der Waals surface area contributed by atoms with E-state index in [0.29, 0.717) is 13.0 Å². The second-order valence-electron chi connectivity index (χ2n) is 4.94. The predicted molar refractivity (Wildman–Crippen MR) is 67.7 cm³/mol. The third kappa shape index (κ3) is 6.56. The Morgan fingerprint density at radius 2 is 2.06 bits per heavy atom. The van der Waals surface area contributed by atoms with E-state index >= 15 is 0 Å². The number of nitrogens with one attached hydrogen (secondary N) is 1. The van der Waals surface area contributed by atoms with Gasteiger partial charge in [-0.15, -0.1) is 0 Å². The van der Waals surface area contributed by atoms with Gasteiger partial charge >= 0.3 is 5.97 Å². The van der Waals surface area contributed by atoms with E-state index in [0.717, 1.165) is 6.42 Å². The molecule has 0 aliphatic rings. The van der Waals surface area contributed by atoms with Gasteiger partial charge in [-0.25, -0.2) is 4.79 Å². The molecule has 0 aliphatic carbocycles. The number of ether oxygens (including phenoxy) is 1. The third-order valence-electron chi connectivity index (χ3n) is 2.58. The maximum atomic E-state index is 11.6. The molecule has 106 valence electrons. The molecule has 6 heteroatoms. The van der Waals surface area contributed by atoms with Crippen molar-refractivity contribution >= 4 is 11.9 Å². The SMILES string of the molecule is CCOC(=O)C(N)C(=O)NCC(C)(C)CCCO. The zero-order chi connectivity index (χ0) is 14.2.